The lowest BCUT2D eigenvalue weighted by molar-refractivity contribution is 0.103. The van der Waals surface area contributed by atoms with Gasteiger partial charge in [-0.3, -0.25) is 4.79 Å². The van der Waals surface area contributed by atoms with Gasteiger partial charge in [0.15, 0.2) is 20.8 Å². The van der Waals surface area contributed by atoms with Crippen LogP contribution in [0.3, 0.4) is 0 Å². The number of hydrogen-bond donors (Lipinski definition) is 0. The second-order valence-corrected chi connectivity index (χ2v) is 11.4. The van der Waals surface area contributed by atoms with Crippen LogP contribution in [0.1, 0.15) is 22.3 Å². The number of ketones is 1. The Balaban J connectivity index is 1.32. The number of rotatable bonds is 7. The second-order valence-electron chi connectivity index (χ2n) is 8.03. The van der Waals surface area contributed by atoms with E-state index in [1.54, 1.807) is 11.8 Å². The average molecular weight is 478 g/mol. The summed E-state index contributed by atoms with van der Waals surface area (Å²) >= 11 is 1.72. The van der Waals surface area contributed by atoms with Crippen LogP contribution in [0, 0.1) is 0 Å². The number of benzene rings is 4. The standard InChI is InChI=1S/C31H25OS2/c32-31(24-10-4-1-5-11-24)25-16-18-26(19-17-25)33-27-20-22-30(23-21-27)34(28-12-6-2-7-13-28)29-14-8-3-9-15-29/h1-14,16-23,29H,15H2/q+1. The van der Waals surface area contributed by atoms with Gasteiger partial charge < -0.3 is 0 Å². The first-order valence-electron chi connectivity index (χ1n) is 11.4. The summed E-state index contributed by atoms with van der Waals surface area (Å²) < 4.78 is 0. The van der Waals surface area contributed by atoms with Gasteiger partial charge >= 0.3 is 0 Å². The lowest BCUT2D eigenvalue weighted by Crippen LogP contribution is -2.20. The topological polar surface area (TPSA) is 17.1 Å². The van der Waals surface area contributed by atoms with E-state index in [1.165, 1.54) is 14.7 Å². The summed E-state index contributed by atoms with van der Waals surface area (Å²) in [5.41, 5.74) is 1.43. The summed E-state index contributed by atoms with van der Waals surface area (Å²) in [6.07, 6.45) is 10.00. The maximum absolute atomic E-state index is 12.6. The molecule has 0 spiro atoms. The molecule has 1 aliphatic carbocycles. The lowest BCUT2D eigenvalue weighted by atomic mass is 10.0. The van der Waals surface area contributed by atoms with Crippen LogP contribution in [-0.2, 0) is 10.9 Å². The third-order valence-electron chi connectivity index (χ3n) is 5.71. The van der Waals surface area contributed by atoms with Gasteiger partial charge in [-0.15, -0.1) is 0 Å². The first kappa shape index (κ1) is 22.5. The van der Waals surface area contributed by atoms with Gasteiger partial charge in [0.25, 0.3) is 0 Å². The molecule has 0 bridgehead atoms. The van der Waals surface area contributed by atoms with Gasteiger partial charge in [0.2, 0.25) is 0 Å². The molecule has 1 nitrogen and oxygen atoms in total. The Hall–Kier alpha value is -3.27. The SMILES string of the molecule is O=C(c1ccccc1)c1ccc(Sc2ccc([S+](c3ccccc3)C3C=CC=CC3)cc2)cc1. The van der Waals surface area contributed by atoms with Gasteiger partial charge in [0.1, 0.15) is 0 Å². The predicted octanol–water partition coefficient (Wildman–Crippen LogP) is 7.99. The number of allylic oxidation sites excluding steroid dienone is 3. The summed E-state index contributed by atoms with van der Waals surface area (Å²) in [5, 5.41) is 0.487. The molecule has 2 unspecified atom stereocenters. The number of hydrogen-bond acceptors (Lipinski definition) is 2. The van der Waals surface area contributed by atoms with Crippen molar-refractivity contribution in [1.29, 1.82) is 0 Å². The molecule has 2 atom stereocenters. The van der Waals surface area contributed by atoms with Crippen LogP contribution in [0.4, 0.5) is 0 Å². The van der Waals surface area contributed by atoms with Gasteiger partial charge in [-0.2, -0.15) is 0 Å². The molecule has 0 saturated heterocycles. The molecule has 3 heteroatoms. The van der Waals surface area contributed by atoms with Crippen molar-refractivity contribution in [3.05, 3.63) is 145 Å². The van der Waals surface area contributed by atoms with E-state index < -0.39 is 0 Å². The second kappa shape index (κ2) is 10.8. The first-order valence-corrected chi connectivity index (χ1v) is 13.5. The highest BCUT2D eigenvalue weighted by Crippen LogP contribution is 2.34. The molecule has 166 valence electrons. The van der Waals surface area contributed by atoms with Crippen molar-refractivity contribution in [3.8, 4) is 0 Å². The number of carbonyl (C=O) groups excluding carboxylic acids is 1. The molecule has 0 aliphatic heterocycles. The Labute approximate surface area is 208 Å². The fraction of sp³-hybridized carbons (Fsp3) is 0.0645. The predicted molar refractivity (Wildman–Crippen MR) is 144 cm³/mol. The zero-order chi connectivity index (χ0) is 23.2. The highest BCUT2D eigenvalue weighted by molar-refractivity contribution is 7.99. The van der Waals surface area contributed by atoms with E-state index in [1.807, 2.05) is 54.6 Å². The van der Waals surface area contributed by atoms with E-state index in [-0.39, 0.29) is 16.7 Å². The third kappa shape index (κ3) is 5.27. The molecular formula is C31H25OS2+. The van der Waals surface area contributed by atoms with E-state index in [0.717, 1.165) is 16.9 Å². The largest absolute Gasteiger partial charge is 0.289 e. The van der Waals surface area contributed by atoms with Crippen LogP contribution in [-0.4, -0.2) is 11.0 Å². The third-order valence-corrected chi connectivity index (χ3v) is 9.24. The molecule has 0 radical (unpaired) electrons. The molecule has 0 fully saturated rings. The summed E-state index contributed by atoms with van der Waals surface area (Å²) in [6, 6.07) is 37.1. The van der Waals surface area contributed by atoms with Crippen LogP contribution in [0.2, 0.25) is 0 Å². The molecule has 4 aromatic rings. The van der Waals surface area contributed by atoms with Crippen molar-refractivity contribution in [2.24, 2.45) is 0 Å². The molecule has 0 amide bonds. The van der Waals surface area contributed by atoms with Crippen LogP contribution < -0.4 is 0 Å². The molecule has 0 saturated carbocycles. The maximum Gasteiger partial charge on any atom is 0.193 e. The zero-order valence-corrected chi connectivity index (χ0v) is 20.3. The average Bonchev–Trinajstić information content (AvgIpc) is 2.92. The van der Waals surface area contributed by atoms with E-state index in [9.17, 15) is 4.79 Å². The fourth-order valence-corrected chi connectivity index (χ4v) is 7.23. The summed E-state index contributed by atoms with van der Waals surface area (Å²) in [4.78, 5) is 17.7. The van der Waals surface area contributed by atoms with Crippen molar-refractivity contribution in [1.82, 2.24) is 0 Å². The first-order chi connectivity index (χ1) is 16.8. The summed E-state index contributed by atoms with van der Waals surface area (Å²) in [5.74, 6) is 0.0565. The van der Waals surface area contributed by atoms with Gasteiger partial charge in [-0.1, -0.05) is 78.5 Å². The minimum Gasteiger partial charge on any atom is -0.289 e. The van der Waals surface area contributed by atoms with Crippen LogP contribution in [0.5, 0.6) is 0 Å². The Morgan fingerprint density at radius 3 is 1.82 bits per heavy atom. The van der Waals surface area contributed by atoms with E-state index in [4.69, 9.17) is 0 Å². The molecule has 5 rings (SSSR count). The smallest absolute Gasteiger partial charge is 0.193 e. The monoisotopic (exact) mass is 477 g/mol. The van der Waals surface area contributed by atoms with Crippen molar-refractivity contribution >= 4 is 28.4 Å². The Morgan fingerprint density at radius 2 is 1.21 bits per heavy atom. The van der Waals surface area contributed by atoms with Crippen LogP contribution in [0.25, 0.3) is 0 Å². The minimum atomic E-state index is -0.00389. The normalized spacial score (nSPS) is 15.7. The van der Waals surface area contributed by atoms with Gasteiger partial charge in [0, 0.05) is 27.3 Å². The van der Waals surface area contributed by atoms with Crippen molar-refractivity contribution < 1.29 is 4.79 Å². The van der Waals surface area contributed by atoms with Crippen molar-refractivity contribution in [2.45, 2.75) is 31.3 Å². The maximum atomic E-state index is 12.6. The quantitative estimate of drug-likeness (QED) is 0.198. The summed E-state index contributed by atoms with van der Waals surface area (Å²) in [6.45, 7) is 0. The minimum absolute atomic E-state index is 0.00389. The van der Waals surface area contributed by atoms with Crippen LogP contribution in [0.15, 0.2) is 153 Å². The molecule has 0 heterocycles. The molecule has 4 aromatic carbocycles. The highest BCUT2D eigenvalue weighted by atomic mass is 32.2. The molecule has 34 heavy (non-hydrogen) atoms. The lowest BCUT2D eigenvalue weighted by Gasteiger charge is -2.16. The zero-order valence-electron chi connectivity index (χ0n) is 18.7. The van der Waals surface area contributed by atoms with E-state index in [0.29, 0.717) is 10.8 Å². The number of carbonyl (C=O) groups is 1. The Morgan fingerprint density at radius 1 is 0.647 bits per heavy atom. The van der Waals surface area contributed by atoms with Gasteiger partial charge in [0.05, 0.1) is 10.9 Å². The van der Waals surface area contributed by atoms with E-state index >= 15 is 0 Å². The van der Waals surface area contributed by atoms with Crippen molar-refractivity contribution in [2.75, 3.05) is 0 Å². The van der Waals surface area contributed by atoms with Crippen LogP contribution >= 0.6 is 11.8 Å². The Kier molecular flexibility index (Phi) is 7.13. The van der Waals surface area contributed by atoms with E-state index in [2.05, 4.69) is 78.9 Å². The highest BCUT2D eigenvalue weighted by Gasteiger charge is 2.33. The van der Waals surface area contributed by atoms with Gasteiger partial charge in [-0.05, 0) is 66.7 Å². The fourth-order valence-electron chi connectivity index (χ4n) is 4.01. The molecule has 0 aromatic heterocycles. The van der Waals surface area contributed by atoms with Gasteiger partial charge in [-0.25, -0.2) is 0 Å². The molecule has 1 aliphatic rings. The molecule has 0 N–H and O–H groups in total. The molecular weight excluding hydrogens is 452 g/mol. The Bertz CT molecular complexity index is 1290. The van der Waals surface area contributed by atoms with Crippen molar-refractivity contribution in [3.63, 3.8) is 0 Å². The summed E-state index contributed by atoms with van der Waals surface area (Å²) in [7, 11) is -0.00389.